The van der Waals surface area contributed by atoms with Crippen LogP contribution >= 0.6 is 22.9 Å². The van der Waals surface area contributed by atoms with E-state index in [0.29, 0.717) is 21.4 Å². The molecule has 0 aliphatic heterocycles. The average molecular weight is 417 g/mol. The van der Waals surface area contributed by atoms with Crippen LogP contribution in [0.2, 0.25) is 0 Å². The topological polar surface area (TPSA) is 93.2 Å². The van der Waals surface area contributed by atoms with Gasteiger partial charge in [-0.15, -0.1) is 21.8 Å². The Morgan fingerprint density at radius 1 is 1.11 bits per heavy atom. The normalized spacial score (nSPS) is 10.5. The van der Waals surface area contributed by atoms with E-state index in [1.807, 2.05) is 30.3 Å². The number of hydrogen-bond donors (Lipinski definition) is 2. The number of carbonyl (C=O) groups excluding carboxylic acids is 2. The Kier molecular flexibility index (Phi) is 6.70. The zero-order chi connectivity index (χ0) is 19.9. The van der Waals surface area contributed by atoms with Gasteiger partial charge in [-0.3, -0.25) is 14.9 Å². The number of nitrogens with one attached hydrogen (secondary N) is 2. The highest BCUT2D eigenvalue weighted by atomic mass is 35.5. The standard InChI is InChI=1S/C19H17ClN4O3S/c1-27-11-14-8-7-13(9-15(14)21-16(25)10-20)17(26)22-19-24-23-18(28-19)12-5-3-2-4-6-12/h2-9H,10-11H2,1H3,(H,21,25)(H,22,24,26). The molecule has 2 amide bonds. The van der Waals surface area contributed by atoms with Crippen LogP contribution in [0.1, 0.15) is 15.9 Å². The minimum absolute atomic E-state index is 0.185. The summed E-state index contributed by atoms with van der Waals surface area (Å²) >= 11 is 6.83. The van der Waals surface area contributed by atoms with E-state index in [9.17, 15) is 9.59 Å². The molecule has 144 valence electrons. The van der Waals surface area contributed by atoms with Crippen molar-refractivity contribution in [3.63, 3.8) is 0 Å². The lowest BCUT2D eigenvalue weighted by Crippen LogP contribution is -2.16. The van der Waals surface area contributed by atoms with Gasteiger partial charge in [0.15, 0.2) is 0 Å². The predicted octanol–water partition coefficient (Wildman–Crippen LogP) is 3.78. The van der Waals surface area contributed by atoms with Crippen LogP contribution in [-0.2, 0) is 16.1 Å². The molecule has 3 aromatic rings. The number of ether oxygens (including phenoxy) is 1. The first-order valence-corrected chi connectivity index (χ1v) is 9.63. The summed E-state index contributed by atoms with van der Waals surface area (Å²) in [6, 6.07) is 14.5. The summed E-state index contributed by atoms with van der Waals surface area (Å²) in [5.74, 6) is -0.912. The number of nitrogens with zero attached hydrogens (tertiary/aromatic N) is 2. The summed E-state index contributed by atoms with van der Waals surface area (Å²) in [5, 5.41) is 14.6. The molecule has 0 aliphatic rings. The average Bonchev–Trinajstić information content (AvgIpc) is 3.18. The molecule has 0 atom stereocenters. The molecule has 9 heteroatoms. The molecule has 0 aliphatic carbocycles. The number of alkyl halides is 1. The minimum Gasteiger partial charge on any atom is -0.380 e. The smallest absolute Gasteiger partial charge is 0.257 e. The molecule has 7 nitrogen and oxygen atoms in total. The van der Waals surface area contributed by atoms with E-state index in [-0.39, 0.29) is 24.3 Å². The number of rotatable bonds is 7. The Morgan fingerprint density at radius 2 is 1.89 bits per heavy atom. The van der Waals surface area contributed by atoms with Crippen LogP contribution in [-0.4, -0.2) is 35.0 Å². The zero-order valence-electron chi connectivity index (χ0n) is 14.9. The van der Waals surface area contributed by atoms with E-state index in [0.717, 1.165) is 11.1 Å². The fourth-order valence-electron chi connectivity index (χ4n) is 2.44. The van der Waals surface area contributed by atoms with Crippen molar-refractivity contribution < 1.29 is 14.3 Å². The Bertz CT molecular complexity index is 978. The monoisotopic (exact) mass is 416 g/mol. The number of methoxy groups -OCH3 is 1. The van der Waals surface area contributed by atoms with Gasteiger partial charge in [0, 0.05) is 29.5 Å². The minimum atomic E-state index is -0.367. The largest absolute Gasteiger partial charge is 0.380 e. The summed E-state index contributed by atoms with van der Waals surface area (Å²) < 4.78 is 5.12. The highest BCUT2D eigenvalue weighted by Gasteiger charge is 2.14. The molecule has 0 spiro atoms. The zero-order valence-corrected chi connectivity index (χ0v) is 16.5. The molecule has 28 heavy (non-hydrogen) atoms. The van der Waals surface area contributed by atoms with Crippen molar-refractivity contribution in [1.82, 2.24) is 10.2 Å². The van der Waals surface area contributed by atoms with Gasteiger partial charge >= 0.3 is 0 Å². The molecule has 0 radical (unpaired) electrons. The number of hydrogen-bond acceptors (Lipinski definition) is 6. The molecule has 2 N–H and O–H groups in total. The van der Waals surface area contributed by atoms with Gasteiger partial charge in [0.25, 0.3) is 5.91 Å². The van der Waals surface area contributed by atoms with E-state index in [2.05, 4.69) is 20.8 Å². The van der Waals surface area contributed by atoms with Gasteiger partial charge in [-0.2, -0.15) is 0 Å². The number of carbonyl (C=O) groups is 2. The number of anilines is 2. The van der Waals surface area contributed by atoms with Crippen molar-refractivity contribution in [3.05, 3.63) is 59.7 Å². The number of aromatic nitrogens is 2. The fraction of sp³-hybridized carbons (Fsp3) is 0.158. The molecule has 3 rings (SSSR count). The van der Waals surface area contributed by atoms with Crippen molar-refractivity contribution >= 4 is 45.6 Å². The van der Waals surface area contributed by atoms with Crippen LogP contribution in [0.15, 0.2) is 48.5 Å². The van der Waals surface area contributed by atoms with Gasteiger partial charge in [-0.1, -0.05) is 47.7 Å². The molecule has 0 saturated carbocycles. The second-order valence-corrected chi connectivity index (χ2v) is 6.96. The molecule has 1 heterocycles. The molecule has 1 aromatic heterocycles. The Balaban J connectivity index is 1.78. The third-order valence-corrected chi connectivity index (χ3v) is 4.86. The summed E-state index contributed by atoms with van der Waals surface area (Å²) in [7, 11) is 1.55. The van der Waals surface area contributed by atoms with Crippen LogP contribution in [0.3, 0.4) is 0 Å². The van der Waals surface area contributed by atoms with E-state index in [1.165, 1.54) is 11.3 Å². The van der Waals surface area contributed by atoms with Crippen LogP contribution < -0.4 is 10.6 Å². The van der Waals surface area contributed by atoms with Gasteiger partial charge in [0.2, 0.25) is 11.0 Å². The second-order valence-electron chi connectivity index (χ2n) is 5.72. The summed E-state index contributed by atoms with van der Waals surface area (Å²) in [6.07, 6.45) is 0. The maximum absolute atomic E-state index is 12.6. The van der Waals surface area contributed by atoms with Crippen LogP contribution in [0, 0.1) is 0 Å². The summed E-state index contributed by atoms with van der Waals surface area (Å²) in [4.78, 5) is 24.2. The van der Waals surface area contributed by atoms with Gasteiger partial charge in [-0.05, 0) is 12.1 Å². The van der Waals surface area contributed by atoms with E-state index in [4.69, 9.17) is 16.3 Å². The lowest BCUT2D eigenvalue weighted by Gasteiger charge is -2.11. The van der Waals surface area contributed by atoms with Crippen molar-refractivity contribution in [2.45, 2.75) is 6.61 Å². The Morgan fingerprint density at radius 3 is 2.61 bits per heavy atom. The molecule has 0 unspecified atom stereocenters. The lowest BCUT2D eigenvalue weighted by atomic mass is 10.1. The molecular formula is C19H17ClN4O3S. The van der Waals surface area contributed by atoms with E-state index >= 15 is 0 Å². The van der Waals surface area contributed by atoms with Gasteiger partial charge in [0.05, 0.1) is 6.61 Å². The quantitative estimate of drug-likeness (QED) is 0.571. The van der Waals surface area contributed by atoms with Gasteiger partial charge < -0.3 is 10.1 Å². The summed E-state index contributed by atoms with van der Waals surface area (Å²) in [6.45, 7) is 0.288. The van der Waals surface area contributed by atoms with Crippen LogP contribution in [0.25, 0.3) is 10.6 Å². The fourth-order valence-corrected chi connectivity index (χ4v) is 3.25. The first-order valence-electron chi connectivity index (χ1n) is 8.28. The van der Waals surface area contributed by atoms with Crippen molar-refractivity contribution in [2.75, 3.05) is 23.6 Å². The SMILES string of the molecule is COCc1ccc(C(=O)Nc2nnc(-c3ccccc3)s2)cc1NC(=O)CCl. The lowest BCUT2D eigenvalue weighted by molar-refractivity contribution is -0.113. The Hall–Kier alpha value is -2.81. The first kappa shape index (κ1) is 19.9. The molecule has 0 saturated heterocycles. The third-order valence-electron chi connectivity index (χ3n) is 3.73. The number of benzene rings is 2. The highest BCUT2D eigenvalue weighted by Crippen LogP contribution is 2.26. The summed E-state index contributed by atoms with van der Waals surface area (Å²) in [5.41, 5.74) is 2.50. The van der Waals surface area contributed by atoms with Crippen LogP contribution in [0.5, 0.6) is 0 Å². The van der Waals surface area contributed by atoms with Crippen molar-refractivity contribution in [2.24, 2.45) is 0 Å². The first-order chi connectivity index (χ1) is 13.6. The third kappa shape index (κ3) is 4.92. The molecule has 2 aromatic carbocycles. The highest BCUT2D eigenvalue weighted by molar-refractivity contribution is 7.18. The Labute approximate surface area is 170 Å². The van der Waals surface area contributed by atoms with Crippen molar-refractivity contribution in [3.8, 4) is 10.6 Å². The maximum atomic E-state index is 12.6. The maximum Gasteiger partial charge on any atom is 0.257 e. The van der Waals surface area contributed by atoms with Gasteiger partial charge in [0.1, 0.15) is 10.9 Å². The number of amides is 2. The van der Waals surface area contributed by atoms with Crippen molar-refractivity contribution in [1.29, 1.82) is 0 Å². The molecule has 0 fully saturated rings. The second kappa shape index (κ2) is 9.41. The molecule has 0 bridgehead atoms. The predicted molar refractivity (Wildman–Crippen MR) is 110 cm³/mol. The van der Waals surface area contributed by atoms with Crippen LogP contribution in [0.4, 0.5) is 10.8 Å². The number of halogens is 1. The molecular weight excluding hydrogens is 400 g/mol. The van der Waals surface area contributed by atoms with E-state index in [1.54, 1.807) is 25.3 Å². The van der Waals surface area contributed by atoms with E-state index < -0.39 is 0 Å². The van der Waals surface area contributed by atoms with Gasteiger partial charge in [-0.25, -0.2) is 0 Å².